The Balaban J connectivity index is 2.83. The summed E-state index contributed by atoms with van der Waals surface area (Å²) in [6.45, 7) is 10.2. The first-order valence-corrected chi connectivity index (χ1v) is 7.88. The molecule has 1 saturated heterocycles. The van der Waals surface area contributed by atoms with Crippen molar-refractivity contribution < 1.29 is 23.5 Å². The topological polar surface area (TPSA) is 67.8 Å². The van der Waals surface area contributed by atoms with Crippen LogP contribution in [-0.4, -0.2) is 31.4 Å². The summed E-state index contributed by atoms with van der Waals surface area (Å²) >= 11 is 0. The van der Waals surface area contributed by atoms with Crippen LogP contribution in [-0.2, 0) is 18.6 Å². The molecule has 6 heteroatoms. The van der Waals surface area contributed by atoms with E-state index in [1.807, 2.05) is 27.7 Å². The van der Waals surface area contributed by atoms with E-state index in [1.165, 1.54) is 0 Å². The van der Waals surface area contributed by atoms with E-state index in [1.54, 1.807) is 6.92 Å². The molecule has 0 saturated carbocycles. The third-order valence-electron chi connectivity index (χ3n) is 2.77. The van der Waals surface area contributed by atoms with Crippen LogP contribution in [0.4, 0.5) is 0 Å². The molecule has 106 valence electrons. The predicted molar refractivity (Wildman–Crippen MR) is 67.9 cm³/mol. The van der Waals surface area contributed by atoms with Crippen molar-refractivity contribution in [3.05, 3.63) is 0 Å². The molecule has 5 nitrogen and oxygen atoms in total. The molecule has 0 aliphatic carbocycles. The van der Waals surface area contributed by atoms with Crippen molar-refractivity contribution in [2.24, 2.45) is 11.3 Å². The minimum atomic E-state index is -3.42. The molecule has 1 aliphatic heterocycles. The molecule has 1 rings (SSSR count). The SMILES string of the molecule is CCOC(=O)C(C(C)C)[P+]1([O-])OCC(C)(C)CO1. The quantitative estimate of drug-likeness (QED) is 0.579. The molecule has 18 heavy (non-hydrogen) atoms. The van der Waals surface area contributed by atoms with Gasteiger partial charge in [0.15, 0.2) is 0 Å². The Bertz CT molecular complexity index is 293. The molecular formula is C12H23O5P. The lowest BCUT2D eigenvalue weighted by molar-refractivity contribution is -0.237. The summed E-state index contributed by atoms with van der Waals surface area (Å²) in [6.07, 6.45) is 0. The maximum Gasteiger partial charge on any atom is 0.352 e. The van der Waals surface area contributed by atoms with Crippen LogP contribution in [0.25, 0.3) is 0 Å². The largest absolute Gasteiger partial charge is 0.631 e. The summed E-state index contributed by atoms with van der Waals surface area (Å²) in [5.41, 5.74) is -1.02. The fraction of sp³-hybridized carbons (Fsp3) is 0.917. The monoisotopic (exact) mass is 278 g/mol. The average molecular weight is 278 g/mol. The Morgan fingerprint density at radius 3 is 2.28 bits per heavy atom. The fourth-order valence-corrected chi connectivity index (χ4v) is 4.28. The second kappa shape index (κ2) is 5.83. The van der Waals surface area contributed by atoms with Gasteiger partial charge in [-0.15, -0.1) is 0 Å². The number of carbonyl (C=O) groups is 1. The molecule has 0 aromatic heterocycles. The highest BCUT2D eigenvalue weighted by Gasteiger charge is 2.53. The molecule has 0 spiro atoms. The van der Waals surface area contributed by atoms with E-state index in [0.29, 0.717) is 13.2 Å². The van der Waals surface area contributed by atoms with Crippen LogP contribution >= 0.6 is 7.94 Å². The highest BCUT2D eigenvalue weighted by molar-refractivity contribution is 7.61. The van der Waals surface area contributed by atoms with Gasteiger partial charge in [-0.25, -0.2) is 13.8 Å². The van der Waals surface area contributed by atoms with Crippen LogP contribution in [0.15, 0.2) is 0 Å². The van der Waals surface area contributed by atoms with Gasteiger partial charge in [0, 0.05) is 11.3 Å². The van der Waals surface area contributed by atoms with Crippen LogP contribution in [0.5, 0.6) is 0 Å². The Kier molecular flexibility index (Phi) is 5.13. The molecule has 0 radical (unpaired) electrons. The summed E-state index contributed by atoms with van der Waals surface area (Å²) in [5, 5.41) is 0. The van der Waals surface area contributed by atoms with Gasteiger partial charge < -0.3 is 9.63 Å². The third kappa shape index (κ3) is 3.64. The second-order valence-corrected chi connectivity index (χ2v) is 7.84. The Morgan fingerprint density at radius 2 is 1.89 bits per heavy atom. The van der Waals surface area contributed by atoms with Crippen LogP contribution in [0.1, 0.15) is 34.6 Å². The molecule has 1 heterocycles. The molecule has 1 unspecified atom stereocenters. The standard InChI is InChI=1S/C12H23O5P/c1-6-15-11(13)10(9(2)3)18(14)16-7-12(4,5)8-17-18/h9-10H,6-8H2,1-5H3. The maximum atomic E-state index is 12.6. The summed E-state index contributed by atoms with van der Waals surface area (Å²) in [5.74, 6) is -0.661. The van der Waals surface area contributed by atoms with Gasteiger partial charge in [0.25, 0.3) is 7.94 Å². The number of hydrogen-bond donors (Lipinski definition) is 0. The zero-order valence-electron chi connectivity index (χ0n) is 11.8. The van der Waals surface area contributed by atoms with E-state index in [2.05, 4.69) is 0 Å². The predicted octanol–water partition coefficient (Wildman–Crippen LogP) is 1.77. The highest BCUT2D eigenvalue weighted by atomic mass is 31.2. The lowest BCUT2D eigenvalue weighted by Gasteiger charge is -2.41. The van der Waals surface area contributed by atoms with Crippen LogP contribution in [0.2, 0.25) is 0 Å². The normalized spacial score (nSPS) is 23.7. The summed E-state index contributed by atoms with van der Waals surface area (Å²) in [4.78, 5) is 24.5. The lowest BCUT2D eigenvalue weighted by atomic mass is 9.97. The van der Waals surface area contributed by atoms with Gasteiger partial charge in [-0.1, -0.05) is 27.7 Å². The van der Waals surface area contributed by atoms with Gasteiger partial charge >= 0.3 is 5.97 Å². The average Bonchev–Trinajstić information content (AvgIpc) is 2.23. The van der Waals surface area contributed by atoms with Crippen molar-refractivity contribution in [2.75, 3.05) is 19.8 Å². The van der Waals surface area contributed by atoms with Gasteiger partial charge in [0.2, 0.25) is 5.66 Å². The van der Waals surface area contributed by atoms with Crippen molar-refractivity contribution in [3.63, 3.8) is 0 Å². The number of rotatable bonds is 4. The summed E-state index contributed by atoms with van der Waals surface area (Å²) < 4.78 is 15.8. The zero-order chi connectivity index (χ0) is 14.0. The summed E-state index contributed by atoms with van der Waals surface area (Å²) in [7, 11) is -3.42. The third-order valence-corrected chi connectivity index (χ3v) is 5.24. The molecule has 1 fully saturated rings. The first kappa shape index (κ1) is 15.8. The maximum absolute atomic E-state index is 12.6. The van der Waals surface area contributed by atoms with E-state index in [0.717, 1.165) is 0 Å². The number of esters is 1. The van der Waals surface area contributed by atoms with E-state index in [4.69, 9.17) is 13.8 Å². The number of carbonyl (C=O) groups excluding carboxylic acids is 1. The first-order chi connectivity index (χ1) is 8.22. The highest BCUT2D eigenvalue weighted by Crippen LogP contribution is 2.63. The molecule has 1 atom stereocenters. The first-order valence-electron chi connectivity index (χ1n) is 6.27. The van der Waals surface area contributed by atoms with E-state index in [9.17, 15) is 9.69 Å². The van der Waals surface area contributed by atoms with Gasteiger partial charge in [0.05, 0.1) is 6.61 Å². The molecule has 1 aliphatic rings. The number of hydrogen-bond acceptors (Lipinski definition) is 5. The van der Waals surface area contributed by atoms with Crippen molar-refractivity contribution in [2.45, 2.75) is 40.3 Å². The number of ether oxygens (including phenoxy) is 1. The molecular weight excluding hydrogens is 255 g/mol. The van der Waals surface area contributed by atoms with Crippen molar-refractivity contribution >= 4 is 13.9 Å². The molecule has 0 bridgehead atoms. The minimum absolute atomic E-state index is 0.156. The smallest absolute Gasteiger partial charge is 0.352 e. The van der Waals surface area contributed by atoms with Gasteiger partial charge in [-0.3, -0.25) is 0 Å². The van der Waals surface area contributed by atoms with Gasteiger partial charge in [0.1, 0.15) is 13.2 Å². The van der Waals surface area contributed by atoms with Gasteiger partial charge in [-0.05, 0) is 6.92 Å². The molecule has 0 N–H and O–H groups in total. The van der Waals surface area contributed by atoms with Crippen molar-refractivity contribution in [1.29, 1.82) is 0 Å². The Hall–Kier alpha value is -0.220. The van der Waals surface area contributed by atoms with Crippen LogP contribution in [0.3, 0.4) is 0 Å². The molecule has 0 aromatic carbocycles. The minimum Gasteiger partial charge on any atom is -0.631 e. The van der Waals surface area contributed by atoms with Crippen molar-refractivity contribution in [3.8, 4) is 0 Å². The van der Waals surface area contributed by atoms with E-state index in [-0.39, 0.29) is 17.9 Å². The van der Waals surface area contributed by atoms with E-state index >= 15 is 0 Å². The zero-order valence-corrected chi connectivity index (χ0v) is 12.7. The van der Waals surface area contributed by atoms with Gasteiger partial charge in [-0.2, -0.15) is 0 Å². The summed E-state index contributed by atoms with van der Waals surface area (Å²) in [6, 6.07) is 0. The van der Waals surface area contributed by atoms with Crippen molar-refractivity contribution in [1.82, 2.24) is 0 Å². The van der Waals surface area contributed by atoms with Crippen LogP contribution in [0, 0.1) is 11.3 Å². The van der Waals surface area contributed by atoms with E-state index < -0.39 is 19.6 Å². The Labute approximate surface area is 109 Å². The van der Waals surface area contributed by atoms with Crippen LogP contribution < -0.4 is 4.89 Å². The lowest BCUT2D eigenvalue weighted by Crippen LogP contribution is -2.44. The fourth-order valence-electron chi connectivity index (χ4n) is 1.76. The molecule has 0 amide bonds. The molecule has 0 aromatic rings. The Morgan fingerprint density at radius 1 is 1.39 bits per heavy atom. The second-order valence-electron chi connectivity index (χ2n) is 5.69.